The lowest BCUT2D eigenvalue weighted by Gasteiger charge is -2.38. The molecular formula is C19H14Cl2N2O2. The highest BCUT2D eigenvalue weighted by atomic mass is 35.5. The Kier molecular flexibility index (Phi) is 4.15. The number of nitrogens with zero attached hydrogens (tertiary/aromatic N) is 1. The number of hydrogen-bond acceptors (Lipinski definition) is 3. The quantitative estimate of drug-likeness (QED) is 0.673. The van der Waals surface area contributed by atoms with Gasteiger partial charge in [-0.25, -0.2) is 0 Å². The number of anilines is 1. The van der Waals surface area contributed by atoms with Crippen LogP contribution in [0.5, 0.6) is 0 Å². The Morgan fingerprint density at radius 1 is 1.08 bits per heavy atom. The van der Waals surface area contributed by atoms with Gasteiger partial charge in [-0.15, -0.1) is 0 Å². The van der Waals surface area contributed by atoms with Crippen LogP contribution in [0.1, 0.15) is 27.8 Å². The second-order valence-electron chi connectivity index (χ2n) is 5.77. The molecule has 2 heterocycles. The first-order valence-corrected chi connectivity index (χ1v) is 8.53. The monoisotopic (exact) mass is 372 g/mol. The summed E-state index contributed by atoms with van der Waals surface area (Å²) in [7, 11) is 0. The number of para-hydroxylation sites is 1. The molecule has 0 saturated heterocycles. The third-order valence-electron chi connectivity index (χ3n) is 4.19. The third-order valence-corrected chi connectivity index (χ3v) is 4.75. The molecule has 1 amide bonds. The summed E-state index contributed by atoms with van der Waals surface area (Å²) >= 11 is 12.4. The van der Waals surface area contributed by atoms with Crippen LogP contribution in [0.25, 0.3) is 0 Å². The molecule has 0 radical (unpaired) electrons. The van der Waals surface area contributed by atoms with Gasteiger partial charge < -0.3 is 14.6 Å². The van der Waals surface area contributed by atoms with E-state index in [0.717, 1.165) is 11.3 Å². The Morgan fingerprint density at radius 3 is 2.68 bits per heavy atom. The summed E-state index contributed by atoms with van der Waals surface area (Å²) < 4.78 is 5.43. The molecule has 25 heavy (non-hydrogen) atoms. The molecule has 0 unspecified atom stereocenters. The van der Waals surface area contributed by atoms with Gasteiger partial charge in [-0.3, -0.25) is 4.79 Å². The van der Waals surface area contributed by atoms with Crippen molar-refractivity contribution in [3.8, 4) is 0 Å². The fourth-order valence-corrected chi connectivity index (χ4v) is 3.51. The molecule has 4 rings (SSSR count). The third kappa shape index (κ3) is 2.99. The van der Waals surface area contributed by atoms with Crippen molar-refractivity contribution < 1.29 is 9.21 Å². The van der Waals surface area contributed by atoms with Gasteiger partial charge in [-0.05, 0) is 36.4 Å². The molecule has 0 bridgehead atoms. The average Bonchev–Trinajstić information content (AvgIpc) is 3.11. The zero-order valence-electron chi connectivity index (χ0n) is 13.1. The summed E-state index contributed by atoms with van der Waals surface area (Å²) in [4.78, 5) is 14.8. The summed E-state index contributed by atoms with van der Waals surface area (Å²) in [5, 5.41) is 4.45. The molecule has 126 valence electrons. The predicted molar refractivity (Wildman–Crippen MR) is 97.8 cm³/mol. The van der Waals surface area contributed by atoms with E-state index in [2.05, 4.69) is 5.32 Å². The van der Waals surface area contributed by atoms with Crippen LogP contribution < -0.4 is 5.32 Å². The van der Waals surface area contributed by atoms with Crippen molar-refractivity contribution in [1.29, 1.82) is 0 Å². The van der Waals surface area contributed by atoms with Gasteiger partial charge >= 0.3 is 0 Å². The van der Waals surface area contributed by atoms with E-state index < -0.39 is 6.17 Å². The maximum atomic E-state index is 13.1. The number of halogens is 2. The summed E-state index contributed by atoms with van der Waals surface area (Å²) in [5.41, 5.74) is 2.18. The molecule has 0 aliphatic carbocycles. The molecule has 1 N–H and O–H groups in total. The molecule has 0 saturated carbocycles. The van der Waals surface area contributed by atoms with E-state index in [1.165, 1.54) is 0 Å². The van der Waals surface area contributed by atoms with E-state index >= 15 is 0 Å². The molecule has 1 aromatic heterocycles. The zero-order chi connectivity index (χ0) is 17.4. The smallest absolute Gasteiger partial charge is 0.258 e. The van der Waals surface area contributed by atoms with Gasteiger partial charge in [0.1, 0.15) is 11.9 Å². The molecule has 0 fully saturated rings. The normalized spacial score (nSPS) is 16.5. The first-order chi connectivity index (χ1) is 12.1. The van der Waals surface area contributed by atoms with Crippen molar-refractivity contribution in [2.75, 3.05) is 5.32 Å². The number of hydrogen-bond donors (Lipinski definition) is 1. The van der Waals surface area contributed by atoms with E-state index in [1.54, 1.807) is 35.4 Å². The van der Waals surface area contributed by atoms with Crippen LogP contribution in [0.4, 0.5) is 5.69 Å². The summed E-state index contributed by atoms with van der Waals surface area (Å²) in [6.07, 6.45) is 1.17. The fraction of sp³-hybridized carbons (Fsp3) is 0.105. The summed E-state index contributed by atoms with van der Waals surface area (Å²) in [6.45, 7) is 0.330. The number of rotatable bonds is 3. The Hall–Kier alpha value is -2.43. The maximum Gasteiger partial charge on any atom is 0.258 e. The minimum Gasteiger partial charge on any atom is -0.467 e. The highest BCUT2D eigenvalue weighted by Gasteiger charge is 2.34. The number of benzene rings is 2. The number of fused-ring (bicyclic) bond motifs is 1. The molecule has 2 aromatic carbocycles. The number of nitrogens with one attached hydrogen (secondary N) is 1. The van der Waals surface area contributed by atoms with Crippen LogP contribution in [0.2, 0.25) is 10.0 Å². The highest BCUT2D eigenvalue weighted by molar-refractivity contribution is 6.35. The van der Waals surface area contributed by atoms with Crippen molar-refractivity contribution in [3.05, 3.63) is 87.8 Å². The van der Waals surface area contributed by atoms with Gasteiger partial charge in [0.05, 0.1) is 18.4 Å². The second kappa shape index (κ2) is 6.47. The van der Waals surface area contributed by atoms with Crippen LogP contribution >= 0.6 is 23.2 Å². The molecule has 3 aromatic rings. The number of furan rings is 1. The van der Waals surface area contributed by atoms with Crippen LogP contribution in [-0.4, -0.2) is 10.8 Å². The standard InChI is InChI=1S/C19H14Cl2N2O2/c20-12-7-8-14(16(21)10-12)18-22-17-6-2-1-5-15(17)19(24)23(18)11-13-4-3-9-25-13/h1-10,18,22H,11H2/t18-/m0/s1. The van der Waals surface area contributed by atoms with Gasteiger partial charge in [0.25, 0.3) is 5.91 Å². The van der Waals surface area contributed by atoms with Crippen molar-refractivity contribution in [1.82, 2.24) is 4.90 Å². The first-order valence-electron chi connectivity index (χ1n) is 7.77. The zero-order valence-corrected chi connectivity index (χ0v) is 14.6. The lowest BCUT2D eigenvalue weighted by molar-refractivity contribution is 0.0651. The number of carbonyl (C=O) groups is 1. The van der Waals surface area contributed by atoms with Gasteiger partial charge in [-0.2, -0.15) is 0 Å². The molecule has 1 atom stereocenters. The van der Waals surface area contributed by atoms with Gasteiger partial charge in [-0.1, -0.05) is 41.4 Å². The largest absolute Gasteiger partial charge is 0.467 e. The van der Waals surface area contributed by atoms with Crippen LogP contribution in [0.15, 0.2) is 65.3 Å². The molecular weight excluding hydrogens is 359 g/mol. The Morgan fingerprint density at radius 2 is 1.92 bits per heavy atom. The van der Waals surface area contributed by atoms with Crippen molar-refractivity contribution in [2.24, 2.45) is 0 Å². The van der Waals surface area contributed by atoms with Crippen molar-refractivity contribution in [2.45, 2.75) is 12.7 Å². The van der Waals surface area contributed by atoms with Crippen molar-refractivity contribution >= 4 is 34.8 Å². The number of carbonyl (C=O) groups excluding carboxylic acids is 1. The van der Waals surface area contributed by atoms with Crippen LogP contribution in [0.3, 0.4) is 0 Å². The number of amides is 1. The van der Waals surface area contributed by atoms with Gasteiger partial charge in [0.2, 0.25) is 0 Å². The molecule has 0 spiro atoms. The van der Waals surface area contributed by atoms with E-state index in [-0.39, 0.29) is 5.91 Å². The Bertz CT molecular complexity index is 925. The lowest BCUT2D eigenvalue weighted by atomic mass is 10.0. The highest BCUT2D eigenvalue weighted by Crippen LogP contribution is 2.37. The van der Waals surface area contributed by atoms with E-state index in [1.807, 2.05) is 30.3 Å². The topological polar surface area (TPSA) is 45.5 Å². The minimum absolute atomic E-state index is 0.0817. The Balaban J connectivity index is 1.80. The second-order valence-corrected chi connectivity index (χ2v) is 6.61. The van der Waals surface area contributed by atoms with Crippen LogP contribution in [-0.2, 0) is 6.54 Å². The molecule has 1 aliphatic heterocycles. The summed E-state index contributed by atoms with van der Waals surface area (Å²) in [5.74, 6) is 0.617. The Labute approximate surface area is 155 Å². The lowest BCUT2D eigenvalue weighted by Crippen LogP contribution is -2.42. The predicted octanol–water partition coefficient (Wildman–Crippen LogP) is 5.35. The van der Waals surface area contributed by atoms with Gasteiger partial charge in [0.15, 0.2) is 0 Å². The van der Waals surface area contributed by atoms with Crippen LogP contribution in [0, 0.1) is 0 Å². The fourth-order valence-electron chi connectivity index (χ4n) is 3.00. The SMILES string of the molecule is O=C1c2ccccc2N[C@H](c2ccc(Cl)cc2Cl)N1Cc1ccco1. The van der Waals surface area contributed by atoms with E-state index in [4.69, 9.17) is 27.6 Å². The van der Waals surface area contributed by atoms with E-state index in [9.17, 15) is 4.79 Å². The van der Waals surface area contributed by atoms with Gasteiger partial charge in [0, 0.05) is 21.3 Å². The molecule has 6 heteroatoms. The van der Waals surface area contributed by atoms with Crippen molar-refractivity contribution in [3.63, 3.8) is 0 Å². The minimum atomic E-state index is -0.419. The molecule has 4 nitrogen and oxygen atoms in total. The molecule has 1 aliphatic rings. The summed E-state index contributed by atoms with van der Waals surface area (Å²) in [6, 6.07) is 16.3. The maximum absolute atomic E-state index is 13.1. The first kappa shape index (κ1) is 16.1. The average molecular weight is 373 g/mol. The van der Waals surface area contributed by atoms with E-state index in [0.29, 0.717) is 27.9 Å².